The number of aliphatic imine (C=N–C) groups is 1. The summed E-state index contributed by atoms with van der Waals surface area (Å²) in [6.07, 6.45) is 2.37. The molecular weight excluding hydrogens is 483 g/mol. The maximum Gasteiger partial charge on any atom is 0.222 e. The van der Waals surface area contributed by atoms with Crippen molar-refractivity contribution >= 4 is 35.8 Å². The SMILES string of the molecule is CCNC(=NCc1cccc(OCCCOC)c1)NC1CCN(C(=O)CC)C1.I. The van der Waals surface area contributed by atoms with Crippen LogP contribution in [0.2, 0.25) is 0 Å². The van der Waals surface area contributed by atoms with Gasteiger partial charge in [0, 0.05) is 52.2 Å². The average molecular weight is 518 g/mol. The van der Waals surface area contributed by atoms with Gasteiger partial charge in [-0.1, -0.05) is 19.1 Å². The van der Waals surface area contributed by atoms with Crippen LogP contribution in [-0.4, -0.2) is 62.8 Å². The van der Waals surface area contributed by atoms with Crippen LogP contribution < -0.4 is 15.4 Å². The van der Waals surface area contributed by atoms with E-state index < -0.39 is 0 Å². The van der Waals surface area contributed by atoms with E-state index in [1.54, 1.807) is 7.11 Å². The molecule has 0 radical (unpaired) electrons. The second-order valence-corrected chi connectivity index (χ2v) is 6.86. The lowest BCUT2D eigenvalue weighted by atomic mass is 10.2. The molecule has 0 saturated carbocycles. The molecule has 1 amide bonds. The van der Waals surface area contributed by atoms with Crippen molar-refractivity contribution in [3.05, 3.63) is 29.8 Å². The minimum Gasteiger partial charge on any atom is -0.493 e. The highest BCUT2D eigenvalue weighted by Crippen LogP contribution is 2.15. The van der Waals surface area contributed by atoms with E-state index in [1.807, 2.05) is 43.0 Å². The van der Waals surface area contributed by atoms with E-state index in [-0.39, 0.29) is 35.9 Å². The molecule has 2 rings (SSSR count). The third-order valence-electron chi connectivity index (χ3n) is 4.61. The molecule has 29 heavy (non-hydrogen) atoms. The summed E-state index contributed by atoms with van der Waals surface area (Å²) in [4.78, 5) is 18.5. The number of benzene rings is 1. The first-order valence-corrected chi connectivity index (χ1v) is 10.2. The van der Waals surface area contributed by atoms with Crippen LogP contribution >= 0.6 is 24.0 Å². The number of carbonyl (C=O) groups is 1. The number of hydrogen-bond acceptors (Lipinski definition) is 4. The second-order valence-electron chi connectivity index (χ2n) is 6.86. The Morgan fingerprint density at radius 3 is 2.86 bits per heavy atom. The van der Waals surface area contributed by atoms with Gasteiger partial charge in [-0.2, -0.15) is 0 Å². The normalized spacial score (nSPS) is 16.3. The summed E-state index contributed by atoms with van der Waals surface area (Å²) in [5.74, 6) is 1.85. The summed E-state index contributed by atoms with van der Waals surface area (Å²) in [6.45, 7) is 8.20. The number of methoxy groups -OCH3 is 1. The molecule has 1 saturated heterocycles. The zero-order chi connectivity index (χ0) is 20.2. The smallest absolute Gasteiger partial charge is 0.222 e. The van der Waals surface area contributed by atoms with Crippen molar-refractivity contribution in [2.75, 3.05) is 40.0 Å². The van der Waals surface area contributed by atoms with Crippen LogP contribution in [0, 0.1) is 0 Å². The Bertz CT molecular complexity index is 642. The van der Waals surface area contributed by atoms with Crippen LogP contribution in [-0.2, 0) is 16.1 Å². The second kappa shape index (κ2) is 14.4. The molecule has 0 spiro atoms. The lowest BCUT2D eigenvalue weighted by Gasteiger charge is -2.18. The van der Waals surface area contributed by atoms with Crippen molar-refractivity contribution < 1.29 is 14.3 Å². The molecule has 164 valence electrons. The van der Waals surface area contributed by atoms with Gasteiger partial charge in [-0.25, -0.2) is 4.99 Å². The Morgan fingerprint density at radius 1 is 1.31 bits per heavy atom. The summed E-state index contributed by atoms with van der Waals surface area (Å²) < 4.78 is 10.8. The molecule has 1 aliphatic heterocycles. The summed E-state index contributed by atoms with van der Waals surface area (Å²) in [5.41, 5.74) is 1.09. The van der Waals surface area contributed by atoms with Crippen LogP contribution in [0.1, 0.15) is 38.7 Å². The average Bonchev–Trinajstić information content (AvgIpc) is 3.18. The van der Waals surface area contributed by atoms with Gasteiger partial charge in [0.15, 0.2) is 5.96 Å². The highest BCUT2D eigenvalue weighted by atomic mass is 127. The topological polar surface area (TPSA) is 75.2 Å². The Morgan fingerprint density at radius 2 is 2.14 bits per heavy atom. The van der Waals surface area contributed by atoms with Gasteiger partial charge >= 0.3 is 0 Å². The van der Waals surface area contributed by atoms with Crippen molar-refractivity contribution in [2.45, 2.75) is 45.7 Å². The lowest BCUT2D eigenvalue weighted by Crippen LogP contribution is -2.45. The van der Waals surface area contributed by atoms with E-state index in [1.165, 1.54) is 0 Å². The number of ether oxygens (including phenoxy) is 2. The van der Waals surface area contributed by atoms with Gasteiger partial charge in [-0.15, -0.1) is 24.0 Å². The standard InChI is InChI=1S/C21H34N4O3.HI/c1-4-20(26)25-11-10-18(16-25)24-21(22-5-2)23-15-17-8-6-9-19(14-17)28-13-7-12-27-3;/h6,8-9,14,18H,4-5,7,10-13,15-16H2,1-3H3,(H2,22,23,24);1H. The molecule has 1 aromatic rings. The fourth-order valence-electron chi connectivity index (χ4n) is 3.14. The molecule has 1 aromatic carbocycles. The first-order valence-electron chi connectivity index (χ1n) is 10.2. The van der Waals surface area contributed by atoms with E-state index in [4.69, 9.17) is 14.5 Å². The summed E-state index contributed by atoms with van der Waals surface area (Å²) in [7, 11) is 1.69. The van der Waals surface area contributed by atoms with E-state index in [0.717, 1.165) is 49.7 Å². The Hall–Kier alpha value is -1.55. The van der Waals surface area contributed by atoms with Gasteiger partial charge in [0.25, 0.3) is 0 Å². The van der Waals surface area contributed by atoms with Crippen molar-refractivity contribution in [2.24, 2.45) is 4.99 Å². The minimum absolute atomic E-state index is 0. The molecule has 7 nitrogen and oxygen atoms in total. The van der Waals surface area contributed by atoms with E-state index >= 15 is 0 Å². The number of rotatable bonds is 10. The molecule has 8 heteroatoms. The summed E-state index contributed by atoms with van der Waals surface area (Å²) >= 11 is 0. The van der Waals surface area contributed by atoms with Gasteiger partial charge < -0.3 is 25.0 Å². The van der Waals surface area contributed by atoms with Gasteiger partial charge in [0.1, 0.15) is 5.75 Å². The first-order chi connectivity index (χ1) is 13.7. The molecular formula is C21H35IN4O3. The van der Waals surface area contributed by atoms with Crippen molar-refractivity contribution in [3.8, 4) is 5.75 Å². The molecule has 1 fully saturated rings. The monoisotopic (exact) mass is 518 g/mol. The van der Waals surface area contributed by atoms with Gasteiger partial charge in [-0.05, 0) is 31.0 Å². The number of nitrogens with one attached hydrogen (secondary N) is 2. The summed E-state index contributed by atoms with van der Waals surface area (Å²) in [6, 6.07) is 8.26. The van der Waals surface area contributed by atoms with Gasteiger partial charge in [0.2, 0.25) is 5.91 Å². The number of likely N-dealkylation sites (tertiary alicyclic amines) is 1. The van der Waals surface area contributed by atoms with Crippen LogP contribution in [0.5, 0.6) is 5.75 Å². The van der Waals surface area contributed by atoms with Crippen molar-refractivity contribution in [1.29, 1.82) is 0 Å². The highest BCUT2D eigenvalue weighted by molar-refractivity contribution is 14.0. The lowest BCUT2D eigenvalue weighted by molar-refractivity contribution is -0.129. The van der Waals surface area contributed by atoms with E-state index in [9.17, 15) is 4.79 Å². The fraction of sp³-hybridized carbons (Fsp3) is 0.619. The highest BCUT2D eigenvalue weighted by Gasteiger charge is 2.25. The van der Waals surface area contributed by atoms with Crippen LogP contribution in [0.15, 0.2) is 29.3 Å². The fourth-order valence-corrected chi connectivity index (χ4v) is 3.14. The Kier molecular flexibility index (Phi) is 12.7. The largest absolute Gasteiger partial charge is 0.493 e. The first kappa shape index (κ1) is 25.5. The third kappa shape index (κ3) is 9.20. The maximum atomic E-state index is 11.9. The molecule has 1 aliphatic rings. The molecule has 1 unspecified atom stereocenters. The molecule has 1 atom stereocenters. The number of guanidine groups is 1. The minimum atomic E-state index is 0. The van der Waals surface area contributed by atoms with E-state index in [0.29, 0.717) is 26.2 Å². The van der Waals surface area contributed by atoms with Crippen LogP contribution in [0.4, 0.5) is 0 Å². The predicted octanol–water partition coefficient (Wildman–Crippen LogP) is 2.79. The molecule has 0 bridgehead atoms. The van der Waals surface area contributed by atoms with Crippen LogP contribution in [0.3, 0.4) is 0 Å². The number of carbonyl (C=O) groups excluding carboxylic acids is 1. The van der Waals surface area contributed by atoms with Gasteiger partial charge in [0.05, 0.1) is 13.2 Å². The molecule has 1 heterocycles. The van der Waals surface area contributed by atoms with Crippen molar-refractivity contribution in [1.82, 2.24) is 15.5 Å². The zero-order valence-corrected chi connectivity index (χ0v) is 20.1. The quantitative estimate of drug-likeness (QED) is 0.216. The maximum absolute atomic E-state index is 11.9. The number of halogens is 1. The molecule has 0 aliphatic carbocycles. The number of amides is 1. The van der Waals surface area contributed by atoms with Crippen LogP contribution in [0.25, 0.3) is 0 Å². The van der Waals surface area contributed by atoms with Crippen molar-refractivity contribution in [3.63, 3.8) is 0 Å². The number of nitrogens with zero attached hydrogens (tertiary/aromatic N) is 2. The number of hydrogen-bond donors (Lipinski definition) is 2. The van der Waals surface area contributed by atoms with E-state index in [2.05, 4.69) is 10.6 Å². The zero-order valence-electron chi connectivity index (χ0n) is 17.8. The Labute approximate surface area is 191 Å². The third-order valence-corrected chi connectivity index (χ3v) is 4.61. The van der Waals surface area contributed by atoms with Gasteiger partial charge in [-0.3, -0.25) is 4.79 Å². The Balaban J connectivity index is 0.00000420. The predicted molar refractivity (Wildman–Crippen MR) is 127 cm³/mol. The molecule has 2 N–H and O–H groups in total. The molecule has 0 aromatic heterocycles. The summed E-state index contributed by atoms with van der Waals surface area (Å²) in [5, 5.41) is 6.75.